The van der Waals surface area contributed by atoms with E-state index >= 15 is 0 Å². The fourth-order valence-electron chi connectivity index (χ4n) is 1.51. The fraction of sp³-hybridized carbons (Fsp3) is 0.143. The average Bonchev–Trinajstić information content (AvgIpc) is 2.39. The Morgan fingerprint density at radius 3 is 2.29 bits per heavy atom. The molecule has 0 saturated heterocycles. The lowest BCUT2D eigenvalue weighted by Crippen LogP contribution is -2.18. The minimum atomic E-state index is -0.0875. The summed E-state index contributed by atoms with van der Waals surface area (Å²) in [6.07, 6.45) is 0. The Morgan fingerprint density at radius 1 is 1.00 bits per heavy atom. The number of ether oxygens (including phenoxy) is 1. The van der Waals surface area contributed by atoms with Crippen LogP contribution in [-0.4, -0.2) is 6.61 Å². The van der Waals surface area contributed by atoms with Crippen molar-refractivity contribution in [1.82, 2.24) is 0 Å². The lowest BCUT2D eigenvalue weighted by Gasteiger charge is -2.13. The van der Waals surface area contributed by atoms with Crippen molar-refractivity contribution in [1.29, 1.82) is 0 Å². The van der Waals surface area contributed by atoms with Crippen LogP contribution < -0.4 is 10.5 Å². The topological polar surface area (TPSA) is 35.2 Å². The minimum absolute atomic E-state index is 0.0875. The monoisotopic (exact) mass is 339 g/mol. The molecule has 0 radical (unpaired) electrons. The van der Waals surface area contributed by atoms with Gasteiger partial charge in [-0.3, -0.25) is 0 Å². The standard InChI is InChI=1S/C14H14INO/c15-12-6-8-13(9-7-12)17-10-14(16)11-4-2-1-3-5-11/h1-9,14H,10,16H2. The summed E-state index contributed by atoms with van der Waals surface area (Å²) in [7, 11) is 0. The van der Waals surface area contributed by atoms with E-state index in [1.165, 1.54) is 3.57 Å². The van der Waals surface area contributed by atoms with Crippen molar-refractivity contribution in [3.05, 3.63) is 63.7 Å². The van der Waals surface area contributed by atoms with E-state index in [-0.39, 0.29) is 6.04 Å². The third kappa shape index (κ3) is 3.71. The summed E-state index contributed by atoms with van der Waals surface area (Å²) in [5.41, 5.74) is 7.14. The fourth-order valence-corrected chi connectivity index (χ4v) is 1.87. The van der Waals surface area contributed by atoms with Gasteiger partial charge < -0.3 is 10.5 Å². The number of hydrogen-bond donors (Lipinski definition) is 1. The maximum absolute atomic E-state index is 6.05. The van der Waals surface area contributed by atoms with Crippen LogP contribution in [-0.2, 0) is 0 Å². The van der Waals surface area contributed by atoms with Gasteiger partial charge in [0, 0.05) is 3.57 Å². The normalized spacial score (nSPS) is 12.1. The first-order chi connectivity index (χ1) is 8.25. The van der Waals surface area contributed by atoms with Gasteiger partial charge in [0.1, 0.15) is 12.4 Å². The van der Waals surface area contributed by atoms with Crippen molar-refractivity contribution >= 4 is 22.6 Å². The summed E-state index contributed by atoms with van der Waals surface area (Å²) in [6.45, 7) is 0.491. The van der Waals surface area contributed by atoms with Crippen molar-refractivity contribution in [2.75, 3.05) is 6.61 Å². The predicted molar refractivity (Wildman–Crippen MR) is 78.0 cm³/mol. The molecule has 0 heterocycles. The van der Waals surface area contributed by atoms with Gasteiger partial charge in [0.05, 0.1) is 6.04 Å². The van der Waals surface area contributed by atoms with E-state index in [0.29, 0.717) is 6.61 Å². The molecule has 0 saturated carbocycles. The van der Waals surface area contributed by atoms with E-state index in [2.05, 4.69) is 22.6 Å². The van der Waals surface area contributed by atoms with Gasteiger partial charge in [0.2, 0.25) is 0 Å². The van der Waals surface area contributed by atoms with E-state index in [4.69, 9.17) is 10.5 Å². The molecule has 1 atom stereocenters. The first kappa shape index (κ1) is 12.4. The van der Waals surface area contributed by atoms with Gasteiger partial charge in [-0.05, 0) is 52.4 Å². The van der Waals surface area contributed by atoms with Crippen molar-refractivity contribution in [3.8, 4) is 5.75 Å². The van der Waals surface area contributed by atoms with Crippen LogP contribution in [0.25, 0.3) is 0 Å². The van der Waals surface area contributed by atoms with E-state index in [9.17, 15) is 0 Å². The number of benzene rings is 2. The van der Waals surface area contributed by atoms with Gasteiger partial charge >= 0.3 is 0 Å². The van der Waals surface area contributed by atoms with Crippen molar-refractivity contribution < 1.29 is 4.74 Å². The van der Waals surface area contributed by atoms with E-state index in [1.54, 1.807) is 0 Å². The molecule has 2 nitrogen and oxygen atoms in total. The average molecular weight is 339 g/mol. The molecule has 88 valence electrons. The summed E-state index contributed by atoms with van der Waals surface area (Å²) in [4.78, 5) is 0. The lowest BCUT2D eigenvalue weighted by atomic mass is 10.1. The molecular formula is C14H14INO. The predicted octanol–water partition coefficient (Wildman–Crippen LogP) is 3.37. The summed E-state index contributed by atoms with van der Waals surface area (Å²) in [5, 5.41) is 0. The molecule has 0 aliphatic carbocycles. The molecule has 17 heavy (non-hydrogen) atoms. The molecule has 0 aromatic heterocycles. The molecule has 0 fully saturated rings. The van der Waals surface area contributed by atoms with Crippen LogP contribution in [0.15, 0.2) is 54.6 Å². The Morgan fingerprint density at radius 2 is 1.65 bits per heavy atom. The second-order valence-corrected chi connectivity index (χ2v) is 5.03. The maximum Gasteiger partial charge on any atom is 0.119 e. The molecule has 0 bridgehead atoms. The minimum Gasteiger partial charge on any atom is -0.492 e. The number of hydrogen-bond acceptors (Lipinski definition) is 2. The zero-order valence-electron chi connectivity index (χ0n) is 9.34. The number of halogens is 1. The molecule has 2 aromatic rings. The molecule has 0 aliphatic rings. The summed E-state index contributed by atoms with van der Waals surface area (Å²) in [6, 6.07) is 17.9. The highest BCUT2D eigenvalue weighted by Crippen LogP contribution is 2.16. The summed E-state index contributed by atoms with van der Waals surface area (Å²) in [5.74, 6) is 0.858. The van der Waals surface area contributed by atoms with Crippen molar-refractivity contribution in [2.24, 2.45) is 5.73 Å². The van der Waals surface area contributed by atoms with E-state index in [0.717, 1.165) is 11.3 Å². The van der Waals surface area contributed by atoms with Gasteiger partial charge in [-0.25, -0.2) is 0 Å². The first-order valence-electron chi connectivity index (χ1n) is 5.44. The SMILES string of the molecule is NC(COc1ccc(I)cc1)c1ccccc1. The second-order valence-electron chi connectivity index (χ2n) is 3.78. The number of rotatable bonds is 4. The van der Waals surface area contributed by atoms with Crippen LogP contribution in [0.2, 0.25) is 0 Å². The second kappa shape index (κ2) is 6.02. The number of nitrogens with two attached hydrogens (primary N) is 1. The molecule has 0 aliphatic heterocycles. The van der Waals surface area contributed by atoms with Crippen LogP contribution in [0, 0.1) is 3.57 Å². The molecule has 1 unspecified atom stereocenters. The third-order valence-electron chi connectivity index (χ3n) is 2.47. The largest absolute Gasteiger partial charge is 0.492 e. The molecule has 2 aromatic carbocycles. The quantitative estimate of drug-likeness (QED) is 0.867. The molecule has 0 spiro atoms. The van der Waals surface area contributed by atoms with Crippen LogP contribution in [0.3, 0.4) is 0 Å². The van der Waals surface area contributed by atoms with Gasteiger partial charge in [-0.1, -0.05) is 30.3 Å². The maximum atomic E-state index is 6.05. The van der Waals surface area contributed by atoms with Crippen LogP contribution >= 0.6 is 22.6 Å². The highest BCUT2D eigenvalue weighted by molar-refractivity contribution is 14.1. The Labute approximate surface area is 115 Å². The van der Waals surface area contributed by atoms with Crippen molar-refractivity contribution in [3.63, 3.8) is 0 Å². The molecular weight excluding hydrogens is 325 g/mol. The Balaban J connectivity index is 1.92. The molecule has 3 heteroatoms. The summed E-state index contributed by atoms with van der Waals surface area (Å²) < 4.78 is 6.85. The van der Waals surface area contributed by atoms with Gasteiger partial charge in [0.15, 0.2) is 0 Å². The molecule has 0 amide bonds. The van der Waals surface area contributed by atoms with Crippen LogP contribution in [0.5, 0.6) is 5.75 Å². The Kier molecular flexibility index (Phi) is 4.39. The van der Waals surface area contributed by atoms with Gasteiger partial charge in [0.25, 0.3) is 0 Å². The Hall–Kier alpha value is -1.07. The van der Waals surface area contributed by atoms with Gasteiger partial charge in [-0.2, -0.15) is 0 Å². The third-order valence-corrected chi connectivity index (χ3v) is 3.19. The van der Waals surface area contributed by atoms with Crippen molar-refractivity contribution in [2.45, 2.75) is 6.04 Å². The zero-order valence-corrected chi connectivity index (χ0v) is 11.5. The van der Waals surface area contributed by atoms with Crippen LogP contribution in [0.1, 0.15) is 11.6 Å². The highest BCUT2D eigenvalue weighted by atomic mass is 127. The Bertz CT molecular complexity index is 455. The molecule has 2 N–H and O–H groups in total. The smallest absolute Gasteiger partial charge is 0.119 e. The van der Waals surface area contributed by atoms with Gasteiger partial charge in [-0.15, -0.1) is 0 Å². The van der Waals surface area contributed by atoms with E-state index < -0.39 is 0 Å². The lowest BCUT2D eigenvalue weighted by molar-refractivity contribution is 0.290. The van der Waals surface area contributed by atoms with E-state index in [1.807, 2.05) is 54.6 Å². The highest BCUT2D eigenvalue weighted by Gasteiger charge is 2.05. The zero-order chi connectivity index (χ0) is 12.1. The van der Waals surface area contributed by atoms with Crippen LogP contribution in [0.4, 0.5) is 0 Å². The first-order valence-corrected chi connectivity index (χ1v) is 6.52. The molecule has 2 rings (SSSR count). The summed E-state index contributed by atoms with van der Waals surface area (Å²) >= 11 is 2.27.